The van der Waals surface area contributed by atoms with Crippen molar-refractivity contribution in [1.82, 2.24) is 0 Å². The molecular weight excluding hydrogens is 286 g/mol. The molecule has 0 aliphatic heterocycles. The maximum atomic E-state index is 6.07. The predicted molar refractivity (Wildman–Crippen MR) is 75.4 cm³/mol. The lowest BCUT2D eigenvalue weighted by Gasteiger charge is -2.14. The number of rotatable bonds is 6. The minimum absolute atomic E-state index is 0.188. The van der Waals surface area contributed by atoms with E-state index in [-0.39, 0.29) is 6.04 Å². The van der Waals surface area contributed by atoms with Gasteiger partial charge in [0.05, 0.1) is 7.11 Å². The summed E-state index contributed by atoms with van der Waals surface area (Å²) in [5.74, 6) is 3.02. The Hall–Kier alpha value is -0.190. The van der Waals surface area contributed by atoms with E-state index < -0.39 is 0 Å². The van der Waals surface area contributed by atoms with E-state index in [2.05, 4.69) is 28.9 Å². The first-order valence-electron chi connectivity index (χ1n) is 5.33. The molecule has 1 unspecified atom stereocenters. The highest BCUT2D eigenvalue weighted by Gasteiger charge is 2.09. The van der Waals surface area contributed by atoms with Crippen molar-refractivity contribution in [2.45, 2.75) is 19.4 Å². The molecule has 0 saturated heterocycles. The summed E-state index contributed by atoms with van der Waals surface area (Å²) in [5, 5.41) is 0. The Labute approximate surface area is 110 Å². The molecule has 0 aromatic heterocycles. The lowest BCUT2D eigenvalue weighted by Crippen LogP contribution is -2.25. The first-order valence-corrected chi connectivity index (χ1v) is 7.27. The van der Waals surface area contributed by atoms with Crippen LogP contribution in [0, 0.1) is 0 Å². The third kappa shape index (κ3) is 4.36. The van der Waals surface area contributed by atoms with Gasteiger partial charge in [0.15, 0.2) is 0 Å². The van der Waals surface area contributed by atoms with Gasteiger partial charge >= 0.3 is 0 Å². The van der Waals surface area contributed by atoms with Gasteiger partial charge in [0.1, 0.15) is 5.75 Å². The second-order valence-electron chi connectivity index (χ2n) is 3.58. The van der Waals surface area contributed by atoms with Gasteiger partial charge in [-0.1, -0.05) is 22.9 Å². The van der Waals surface area contributed by atoms with Crippen molar-refractivity contribution in [2.24, 2.45) is 5.73 Å². The Bertz CT molecular complexity index is 333. The summed E-state index contributed by atoms with van der Waals surface area (Å²) in [7, 11) is 1.69. The molecule has 90 valence electrons. The number of nitrogens with two attached hydrogens (primary N) is 1. The molecule has 0 spiro atoms. The Morgan fingerprint density at radius 3 is 2.88 bits per heavy atom. The van der Waals surface area contributed by atoms with Crippen molar-refractivity contribution in [2.75, 3.05) is 18.6 Å². The van der Waals surface area contributed by atoms with Crippen LogP contribution in [0.2, 0.25) is 0 Å². The van der Waals surface area contributed by atoms with Crippen LogP contribution in [0.15, 0.2) is 22.7 Å². The number of benzene rings is 1. The van der Waals surface area contributed by atoms with Crippen molar-refractivity contribution in [3.8, 4) is 5.75 Å². The van der Waals surface area contributed by atoms with Crippen molar-refractivity contribution in [3.05, 3.63) is 28.2 Å². The van der Waals surface area contributed by atoms with E-state index in [1.165, 1.54) is 5.56 Å². The maximum absolute atomic E-state index is 6.07. The van der Waals surface area contributed by atoms with Gasteiger partial charge in [0, 0.05) is 16.3 Å². The van der Waals surface area contributed by atoms with E-state index in [4.69, 9.17) is 10.5 Å². The molecule has 1 aromatic carbocycles. The van der Waals surface area contributed by atoms with Gasteiger partial charge in [-0.15, -0.1) is 0 Å². The van der Waals surface area contributed by atoms with Gasteiger partial charge in [0.2, 0.25) is 0 Å². The minimum atomic E-state index is 0.188. The number of ether oxygens (including phenoxy) is 1. The third-order valence-corrected chi connectivity index (χ3v) is 3.83. The smallest absolute Gasteiger partial charge is 0.122 e. The van der Waals surface area contributed by atoms with Crippen LogP contribution in [0.3, 0.4) is 0 Å². The molecule has 0 fully saturated rings. The minimum Gasteiger partial charge on any atom is -0.496 e. The summed E-state index contributed by atoms with van der Waals surface area (Å²) in [4.78, 5) is 0. The molecule has 1 aromatic rings. The fraction of sp³-hybridized carbons (Fsp3) is 0.500. The molecule has 2 nitrogen and oxygen atoms in total. The van der Waals surface area contributed by atoms with Crippen LogP contribution < -0.4 is 10.5 Å². The van der Waals surface area contributed by atoms with Gasteiger partial charge in [-0.05, 0) is 35.9 Å². The SMILES string of the molecule is CCSCC(N)Cc1cc(Br)ccc1OC. The number of hydrogen-bond acceptors (Lipinski definition) is 3. The van der Waals surface area contributed by atoms with Crippen molar-refractivity contribution in [3.63, 3.8) is 0 Å². The fourth-order valence-corrected chi connectivity index (χ4v) is 2.58. The Balaban J connectivity index is 2.67. The molecular formula is C12H18BrNOS. The number of halogens is 1. The third-order valence-electron chi connectivity index (χ3n) is 2.26. The maximum Gasteiger partial charge on any atom is 0.122 e. The van der Waals surface area contributed by atoms with Gasteiger partial charge in [-0.3, -0.25) is 0 Å². The van der Waals surface area contributed by atoms with Crippen molar-refractivity contribution < 1.29 is 4.74 Å². The number of hydrogen-bond donors (Lipinski definition) is 1. The second-order valence-corrected chi connectivity index (χ2v) is 5.81. The average Bonchev–Trinajstić information content (AvgIpc) is 2.27. The summed E-state index contributed by atoms with van der Waals surface area (Å²) in [6, 6.07) is 6.22. The molecule has 4 heteroatoms. The van der Waals surface area contributed by atoms with E-state index in [1.807, 2.05) is 23.9 Å². The predicted octanol–water partition coefficient (Wildman–Crippen LogP) is 3.08. The van der Waals surface area contributed by atoms with Crippen LogP contribution in [-0.4, -0.2) is 24.7 Å². The molecule has 0 amide bonds. The molecule has 0 aliphatic rings. The van der Waals surface area contributed by atoms with Gasteiger partial charge < -0.3 is 10.5 Å². The van der Waals surface area contributed by atoms with Crippen molar-refractivity contribution >= 4 is 27.7 Å². The normalized spacial score (nSPS) is 12.5. The van der Waals surface area contributed by atoms with E-state index in [0.29, 0.717) is 0 Å². The zero-order valence-electron chi connectivity index (χ0n) is 9.70. The quantitative estimate of drug-likeness (QED) is 0.877. The highest BCUT2D eigenvalue weighted by Crippen LogP contribution is 2.24. The van der Waals surface area contributed by atoms with Crippen LogP contribution in [0.25, 0.3) is 0 Å². The molecule has 0 saturated carbocycles. The summed E-state index contributed by atoms with van der Waals surface area (Å²) in [6.07, 6.45) is 0.857. The van der Waals surface area contributed by atoms with Crippen LogP contribution in [0.5, 0.6) is 5.75 Å². The summed E-state index contributed by atoms with van der Waals surface area (Å²) in [6.45, 7) is 2.15. The molecule has 0 radical (unpaired) electrons. The monoisotopic (exact) mass is 303 g/mol. The number of thioether (sulfide) groups is 1. The summed E-state index contributed by atoms with van der Waals surface area (Å²) >= 11 is 5.34. The number of methoxy groups -OCH3 is 1. The zero-order chi connectivity index (χ0) is 12.0. The van der Waals surface area contributed by atoms with Gasteiger partial charge in [-0.2, -0.15) is 11.8 Å². The second kappa shape index (κ2) is 7.20. The van der Waals surface area contributed by atoms with Crippen LogP contribution >= 0.6 is 27.7 Å². The summed E-state index contributed by atoms with van der Waals surface area (Å²) < 4.78 is 6.39. The largest absolute Gasteiger partial charge is 0.496 e. The van der Waals surface area contributed by atoms with Crippen LogP contribution in [0.1, 0.15) is 12.5 Å². The molecule has 0 heterocycles. The van der Waals surface area contributed by atoms with E-state index in [9.17, 15) is 0 Å². The lowest BCUT2D eigenvalue weighted by atomic mass is 10.1. The molecule has 1 rings (SSSR count). The first-order chi connectivity index (χ1) is 7.67. The Morgan fingerprint density at radius 2 is 2.25 bits per heavy atom. The Kier molecular flexibility index (Phi) is 6.24. The van der Waals surface area contributed by atoms with E-state index in [1.54, 1.807) is 7.11 Å². The standard InChI is InChI=1S/C12H18BrNOS/c1-3-16-8-11(14)7-9-6-10(13)4-5-12(9)15-2/h4-6,11H,3,7-8,14H2,1-2H3. The lowest BCUT2D eigenvalue weighted by molar-refractivity contribution is 0.408. The van der Waals surface area contributed by atoms with E-state index >= 15 is 0 Å². The molecule has 0 bridgehead atoms. The summed E-state index contributed by atoms with van der Waals surface area (Å²) in [5.41, 5.74) is 7.24. The highest BCUT2D eigenvalue weighted by molar-refractivity contribution is 9.10. The van der Waals surface area contributed by atoms with Gasteiger partial charge in [0.25, 0.3) is 0 Å². The van der Waals surface area contributed by atoms with E-state index in [0.717, 1.165) is 28.1 Å². The van der Waals surface area contributed by atoms with Crippen LogP contribution in [-0.2, 0) is 6.42 Å². The molecule has 16 heavy (non-hydrogen) atoms. The first kappa shape index (κ1) is 13.9. The topological polar surface area (TPSA) is 35.2 Å². The van der Waals surface area contributed by atoms with Crippen LogP contribution in [0.4, 0.5) is 0 Å². The fourth-order valence-electron chi connectivity index (χ4n) is 1.52. The highest BCUT2D eigenvalue weighted by atomic mass is 79.9. The zero-order valence-corrected chi connectivity index (χ0v) is 12.1. The average molecular weight is 304 g/mol. The van der Waals surface area contributed by atoms with Crippen molar-refractivity contribution in [1.29, 1.82) is 0 Å². The molecule has 2 N–H and O–H groups in total. The van der Waals surface area contributed by atoms with Gasteiger partial charge in [-0.25, -0.2) is 0 Å². The molecule has 0 aliphatic carbocycles. The molecule has 1 atom stereocenters. The Morgan fingerprint density at radius 1 is 1.50 bits per heavy atom.